The zero-order valence-corrected chi connectivity index (χ0v) is 11.0. The largest absolute Gasteiger partial charge is 0.381 e. The van der Waals surface area contributed by atoms with Crippen molar-refractivity contribution >= 4 is 15.9 Å². The van der Waals surface area contributed by atoms with Crippen molar-refractivity contribution in [2.24, 2.45) is 0 Å². The van der Waals surface area contributed by atoms with Crippen LogP contribution in [0.25, 0.3) is 0 Å². The lowest BCUT2D eigenvalue weighted by Crippen LogP contribution is -2.15. The van der Waals surface area contributed by atoms with E-state index >= 15 is 0 Å². The molecule has 1 aromatic rings. The summed E-state index contributed by atoms with van der Waals surface area (Å²) in [6.45, 7) is 1.86. The van der Waals surface area contributed by atoms with Crippen LogP contribution in [0.1, 0.15) is 48.6 Å². The Kier molecular flexibility index (Phi) is 3.03. The second-order valence-electron chi connectivity index (χ2n) is 4.93. The fraction of sp³-hybridized carbons (Fsp3) is 0.571. The van der Waals surface area contributed by atoms with Gasteiger partial charge < -0.3 is 4.74 Å². The minimum atomic E-state index is 0.724. The van der Waals surface area contributed by atoms with Gasteiger partial charge in [0.25, 0.3) is 0 Å². The molecule has 1 heterocycles. The predicted octanol–water partition coefficient (Wildman–Crippen LogP) is 4.22. The van der Waals surface area contributed by atoms with Crippen LogP contribution in [0.5, 0.6) is 0 Å². The summed E-state index contributed by atoms with van der Waals surface area (Å²) in [5, 5.41) is 0. The van der Waals surface area contributed by atoms with Crippen LogP contribution in [0.4, 0.5) is 0 Å². The van der Waals surface area contributed by atoms with E-state index in [4.69, 9.17) is 4.74 Å². The summed E-state index contributed by atoms with van der Waals surface area (Å²) in [4.78, 5) is 0. The van der Waals surface area contributed by atoms with E-state index in [9.17, 15) is 0 Å². The monoisotopic (exact) mass is 280 g/mol. The molecule has 0 atom stereocenters. The van der Waals surface area contributed by atoms with E-state index in [0.29, 0.717) is 0 Å². The molecular weight excluding hydrogens is 264 g/mol. The van der Waals surface area contributed by atoms with Gasteiger partial charge in [0.05, 0.1) is 0 Å². The van der Waals surface area contributed by atoms with Gasteiger partial charge in [0.1, 0.15) is 0 Å². The molecule has 1 saturated carbocycles. The van der Waals surface area contributed by atoms with Gasteiger partial charge in [0.2, 0.25) is 0 Å². The van der Waals surface area contributed by atoms with E-state index in [2.05, 4.69) is 34.1 Å². The Hall–Kier alpha value is -0.340. The van der Waals surface area contributed by atoms with E-state index in [1.807, 2.05) is 0 Å². The normalized spacial score (nSPS) is 22.3. The molecule has 0 spiro atoms. The zero-order valence-electron chi connectivity index (χ0n) is 9.42. The molecule has 0 bridgehead atoms. The van der Waals surface area contributed by atoms with Crippen molar-refractivity contribution in [3.63, 3.8) is 0 Å². The molecule has 1 nitrogen and oxygen atoms in total. The molecule has 2 heteroatoms. The number of hydrogen-bond donors (Lipinski definition) is 0. The maximum Gasteiger partial charge on any atom is 0.0471 e. The molecule has 1 aliphatic heterocycles. The Bertz CT molecular complexity index is 378. The van der Waals surface area contributed by atoms with Crippen LogP contribution in [0.2, 0.25) is 0 Å². The lowest BCUT2D eigenvalue weighted by Gasteiger charge is -2.25. The Balaban J connectivity index is 1.92. The number of benzene rings is 1. The molecule has 1 saturated heterocycles. The number of ether oxygens (including phenoxy) is 1. The fourth-order valence-electron chi connectivity index (χ4n) is 2.67. The molecule has 86 valence electrons. The van der Waals surface area contributed by atoms with Crippen molar-refractivity contribution in [3.05, 3.63) is 33.8 Å². The molecule has 2 aliphatic rings. The van der Waals surface area contributed by atoms with Crippen LogP contribution in [0.15, 0.2) is 22.7 Å². The topological polar surface area (TPSA) is 9.23 Å². The van der Waals surface area contributed by atoms with Crippen molar-refractivity contribution in [2.75, 3.05) is 13.2 Å². The molecule has 0 aromatic heterocycles. The zero-order chi connectivity index (χ0) is 11.0. The molecule has 0 unspecified atom stereocenters. The average molecular weight is 281 g/mol. The van der Waals surface area contributed by atoms with Crippen molar-refractivity contribution in [3.8, 4) is 0 Å². The number of hydrogen-bond acceptors (Lipinski definition) is 1. The summed E-state index contributed by atoms with van der Waals surface area (Å²) in [6.07, 6.45) is 5.15. The minimum absolute atomic E-state index is 0.724. The number of rotatable bonds is 2. The van der Waals surface area contributed by atoms with Crippen LogP contribution in [-0.4, -0.2) is 13.2 Å². The fourth-order valence-corrected chi connectivity index (χ4v) is 3.05. The van der Waals surface area contributed by atoms with E-state index in [0.717, 1.165) is 25.0 Å². The van der Waals surface area contributed by atoms with Gasteiger partial charge in [0.15, 0.2) is 0 Å². The molecular formula is C14H17BrO. The molecule has 0 radical (unpaired) electrons. The summed E-state index contributed by atoms with van der Waals surface area (Å²) in [5.74, 6) is 1.58. The van der Waals surface area contributed by atoms with Crippen molar-refractivity contribution in [1.82, 2.24) is 0 Å². The molecule has 2 fully saturated rings. The quantitative estimate of drug-likeness (QED) is 0.788. The van der Waals surface area contributed by atoms with Gasteiger partial charge in [-0.3, -0.25) is 0 Å². The summed E-state index contributed by atoms with van der Waals surface area (Å²) >= 11 is 3.60. The van der Waals surface area contributed by atoms with Gasteiger partial charge in [-0.05, 0) is 60.8 Å². The first-order valence-corrected chi connectivity index (χ1v) is 7.01. The van der Waals surface area contributed by atoms with Gasteiger partial charge >= 0.3 is 0 Å². The smallest absolute Gasteiger partial charge is 0.0471 e. The highest BCUT2D eigenvalue weighted by Crippen LogP contribution is 2.45. The maximum absolute atomic E-state index is 5.46. The van der Waals surface area contributed by atoms with Crippen molar-refractivity contribution in [1.29, 1.82) is 0 Å². The first kappa shape index (κ1) is 10.8. The Morgan fingerprint density at radius 2 is 1.62 bits per heavy atom. The predicted molar refractivity (Wildman–Crippen MR) is 68.9 cm³/mol. The Morgan fingerprint density at radius 1 is 0.938 bits per heavy atom. The highest BCUT2D eigenvalue weighted by atomic mass is 79.9. The summed E-state index contributed by atoms with van der Waals surface area (Å²) in [7, 11) is 0. The van der Waals surface area contributed by atoms with Gasteiger partial charge in [-0.25, -0.2) is 0 Å². The molecule has 16 heavy (non-hydrogen) atoms. The van der Waals surface area contributed by atoms with Crippen LogP contribution in [-0.2, 0) is 4.74 Å². The summed E-state index contributed by atoms with van der Waals surface area (Å²) in [5.41, 5.74) is 3.19. The van der Waals surface area contributed by atoms with E-state index < -0.39 is 0 Å². The maximum atomic E-state index is 5.46. The van der Waals surface area contributed by atoms with Crippen LogP contribution in [0, 0.1) is 0 Å². The number of halogens is 1. The second kappa shape index (κ2) is 4.50. The molecule has 0 N–H and O–H groups in total. The van der Waals surface area contributed by atoms with Crippen LogP contribution < -0.4 is 0 Å². The van der Waals surface area contributed by atoms with Gasteiger partial charge in [0, 0.05) is 17.7 Å². The van der Waals surface area contributed by atoms with Crippen LogP contribution >= 0.6 is 15.9 Å². The average Bonchev–Trinajstić information content (AvgIpc) is 3.14. The Morgan fingerprint density at radius 3 is 2.31 bits per heavy atom. The van der Waals surface area contributed by atoms with Crippen LogP contribution in [0.3, 0.4) is 0 Å². The SMILES string of the molecule is Brc1ccc(C2CC2)c(C2CCOCC2)c1. The molecule has 0 amide bonds. The summed E-state index contributed by atoms with van der Waals surface area (Å²) < 4.78 is 6.68. The van der Waals surface area contributed by atoms with Gasteiger partial charge in [-0.1, -0.05) is 22.0 Å². The first-order chi connectivity index (χ1) is 7.84. The van der Waals surface area contributed by atoms with E-state index in [1.165, 1.54) is 30.2 Å². The minimum Gasteiger partial charge on any atom is -0.381 e. The highest BCUT2D eigenvalue weighted by Gasteiger charge is 2.29. The lowest BCUT2D eigenvalue weighted by molar-refractivity contribution is 0.0851. The third kappa shape index (κ3) is 2.18. The molecule has 1 aliphatic carbocycles. The van der Waals surface area contributed by atoms with Crippen molar-refractivity contribution in [2.45, 2.75) is 37.5 Å². The van der Waals surface area contributed by atoms with E-state index in [-0.39, 0.29) is 0 Å². The third-order valence-corrected chi connectivity index (χ3v) is 4.22. The third-order valence-electron chi connectivity index (χ3n) is 3.73. The van der Waals surface area contributed by atoms with Gasteiger partial charge in [-0.15, -0.1) is 0 Å². The first-order valence-electron chi connectivity index (χ1n) is 6.21. The van der Waals surface area contributed by atoms with Gasteiger partial charge in [-0.2, -0.15) is 0 Å². The highest BCUT2D eigenvalue weighted by molar-refractivity contribution is 9.10. The van der Waals surface area contributed by atoms with Crippen molar-refractivity contribution < 1.29 is 4.74 Å². The second-order valence-corrected chi connectivity index (χ2v) is 5.85. The summed E-state index contributed by atoms with van der Waals surface area (Å²) in [6, 6.07) is 6.85. The lowest BCUT2D eigenvalue weighted by atomic mass is 9.87. The Labute approximate surface area is 105 Å². The molecule has 1 aromatic carbocycles. The van der Waals surface area contributed by atoms with E-state index in [1.54, 1.807) is 11.1 Å². The standard InChI is InChI=1S/C14H17BrO/c15-12-3-4-13(10-1-2-10)14(9-12)11-5-7-16-8-6-11/h3-4,9-11H,1-2,5-8H2. The molecule has 3 rings (SSSR count).